The quantitative estimate of drug-likeness (QED) is 0.655. The van der Waals surface area contributed by atoms with Crippen LogP contribution in [0.25, 0.3) is 6.08 Å². The molecule has 2 amide bonds. The number of rotatable bonds is 4. The smallest absolute Gasteiger partial charge is 0.324 e. The van der Waals surface area contributed by atoms with Crippen LogP contribution in [-0.4, -0.2) is 24.1 Å². The van der Waals surface area contributed by atoms with E-state index in [2.05, 4.69) is 41.5 Å². The SMILES string of the molecule is CCN(CC)c1ccc(C=C2NC(=O)NC2=S)cc1. The highest BCUT2D eigenvalue weighted by Gasteiger charge is 2.18. The number of carbonyl (C=O) groups excluding carboxylic acids is 1. The van der Waals surface area contributed by atoms with Crippen molar-refractivity contribution in [2.45, 2.75) is 13.8 Å². The predicted octanol–water partition coefficient (Wildman–Crippen LogP) is 2.51. The fourth-order valence-electron chi connectivity index (χ4n) is 2.02. The van der Waals surface area contributed by atoms with E-state index in [0.717, 1.165) is 18.7 Å². The Morgan fingerprint density at radius 1 is 1.16 bits per heavy atom. The van der Waals surface area contributed by atoms with Gasteiger partial charge in [-0.05, 0) is 37.6 Å². The molecule has 1 aromatic carbocycles. The Morgan fingerprint density at radius 2 is 1.79 bits per heavy atom. The molecule has 1 aromatic rings. The van der Waals surface area contributed by atoms with E-state index >= 15 is 0 Å². The molecule has 100 valence electrons. The van der Waals surface area contributed by atoms with Gasteiger partial charge in [0, 0.05) is 18.8 Å². The summed E-state index contributed by atoms with van der Waals surface area (Å²) in [6.07, 6.45) is 1.87. The maximum absolute atomic E-state index is 11.1. The molecular formula is C14H17N3OS. The van der Waals surface area contributed by atoms with Crippen LogP contribution < -0.4 is 15.5 Å². The first kappa shape index (κ1) is 13.5. The summed E-state index contributed by atoms with van der Waals surface area (Å²) in [6.45, 7) is 6.25. The molecule has 0 unspecified atom stereocenters. The Bertz CT molecular complexity index is 518. The maximum atomic E-state index is 11.1. The zero-order valence-corrected chi connectivity index (χ0v) is 11.9. The van der Waals surface area contributed by atoms with Crippen LogP contribution in [0.4, 0.5) is 10.5 Å². The second kappa shape index (κ2) is 5.84. The zero-order chi connectivity index (χ0) is 13.8. The summed E-state index contributed by atoms with van der Waals surface area (Å²) >= 11 is 5.05. The van der Waals surface area contributed by atoms with Gasteiger partial charge in [0.2, 0.25) is 0 Å². The molecule has 0 bridgehead atoms. The van der Waals surface area contributed by atoms with Crippen molar-refractivity contribution >= 4 is 35.0 Å². The first-order valence-corrected chi connectivity index (χ1v) is 6.74. The standard InChI is InChI=1S/C14H17N3OS/c1-3-17(4-2)11-7-5-10(6-8-11)9-12-13(19)16-14(18)15-12/h5-9H,3-4H2,1-2H3,(H2,15,16,18,19). The number of carbonyl (C=O) groups is 1. The van der Waals surface area contributed by atoms with Crippen molar-refractivity contribution in [3.8, 4) is 0 Å². The van der Waals surface area contributed by atoms with Gasteiger partial charge in [0.1, 0.15) is 4.99 Å². The van der Waals surface area contributed by atoms with Crippen molar-refractivity contribution in [2.24, 2.45) is 0 Å². The summed E-state index contributed by atoms with van der Waals surface area (Å²) in [5.41, 5.74) is 2.86. The molecule has 4 nitrogen and oxygen atoms in total. The highest BCUT2D eigenvalue weighted by molar-refractivity contribution is 7.80. The molecule has 0 spiro atoms. The number of thiocarbonyl (C=S) groups is 1. The molecule has 1 aliphatic rings. The van der Waals surface area contributed by atoms with Crippen LogP contribution in [0.1, 0.15) is 19.4 Å². The van der Waals surface area contributed by atoms with E-state index in [1.807, 2.05) is 18.2 Å². The third-order valence-electron chi connectivity index (χ3n) is 3.05. The van der Waals surface area contributed by atoms with Crippen molar-refractivity contribution in [3.05, 3.63) is 35.5 Å². The monoisotopic (exact) mass is 275 g/mol. The van der Waals surface area contributed by atoms with Gasteiger partial charge in [0.15, 0.2) is 0 Å². The molecule has 1 heterocycles. The third-order valence-corrected chi connectivity index (χ3v) is 3.37. The number of hydrogen-bond donors (Lipinski definition) is 2. The Labute approximate surface area is 118 Å². The van der Waals surface area contributed by atoms with E-state index < -0.39 is 0 Å². The van der Waals surface area contributed by atoms with Crippen molar-refractivity contribution in [1.82, 2.24) is 10.6 Å². The molecule has 0 aliphatic carbocycles. The molecular weight excluding hydrogens is 258 g/mol. The van der Waals surface area contributed by atoms with Gasteiger partial charge in [0.25, 0.3) is 0 Å². The van der Waals surface area contributed by atoms with Crippen LogP contribution in [0, 0.1) is 0 Å². The fourth-order valence-corrected chi connectivity index (χ4v) is 2.22. The number of hydrogen-bond acceptors (Lipinski definition) is 3. The van der Waals surface area contributed by atoms with Gasteiger partial charge in [-0.15, -0.1) is 0 Å². The summed E-state index contributed by atoms with van der Waals surface area (Å²) in [6, 6.07) is 7.93. The lowest BCUT2D eigenvalue weighted by molar-refractivity contribution is 0.250. The lowest BCUT2D eigenvalue weighted by Gasteiger charge is -2.20. The average Bonchev–Trinajstić information content (AvgIpc) is 2.71. The van der Waals surface area contributed by atoms with Crippen LogP contribution in [0.3, 0.4) is 0 Å². The third kappa shape index (κ3) is 3.12. The summed E-state index contributed by atoms with van der Waals surface area (Å²) < 4.78 is 0. The highest BCUT2D eigenvalue weighted by Crippen LogP contribution is 2.17. The number of benzene rings is 1. The van der Waals surface area contributed by atoms with Gasteiger partial charge in [-0.25, -0.2) is 4.79 Å². The topological polar surface area (TPSA) is 44.4 Å². The Balaban J connectivity index is 2.17. The molecule has 0 atom stereocenters. The second-order valence-electron chi connectivity index (χ2n) is 4.23. The number of nitrogens with zero attached hydrogens (tertiary/aromatic N) is 1. The first-order chi connectivity index (χ1) is 9.13. The van der Waals surface area contributed by atoms with E-state index in [1.165, 1.54) is 5.69 Å². The molecule has 2 rings (SSSR count). The number of anilines is 1. The van der Waals surface area contributed by atoms with Crippen LogP contribution in [-0.2, 0) is 0 Å². The minimum absolute atomic E-state index is 0.268. The van der Waals surface area contributed by atoms with Crippen molar-refractivity contribution in [1.29, 1.82) is 0 Å². The Kier molecular flexibility index (Phi) is 4.16. The van der Waals surface area contributed by atoms with Crippen molar-refractivity contribution in [3.63, 3.8) is 0 Å². The molecule has 1 saturated heterocycles. The maximum Gasteiger partial charge on any atom is 0.324 e. The Hall–Kier alpha value is -1.88. The molecule has 0 aromatic heterocycles. The fraction of sp³-hybridized carbons (Fsp3) is 0.286. The van der Waals surface area contributed by atoms with E-state index in [0.29, 0.717) is 10.7 Å². The first-order valence-electron chi connectivity index (χ1n) is 6.33. The molecule has 19 heavy (non-hydrogen) atoms. The second-order valence-corrected chi connectivity index (χ2v) is 4.64. The lowest BCUT2D eigenvalue weighted by Crippen LogP contribution is -2.21. The van der Waals surface area contributed by atoms with E-state index in [4.69, 9.17) is 12.2 Å². The summed E-state index contributed by atoms with van der Waals surface area (Å²) in [5, 5.41) is 5.21. The highest BCUT2D eigenvalue weighted by atomic mass is 32.1. The molecule has 1 fully saturated rings. The van der Waals surface area contributed by atoms with Gasteiger partial charge < -0.3 is 10.2 Å². The number of nitrogens with one attached hydrogen (secondary N) is 2. The summed E-state index contributed by atoms with van der Waals surface area (Å²) in [4.78, 5) is 13.8. The largest absolute Gasteiger partial charge is 0.372 e. The van der Waals surface area contributed by atoms with E-state index in [9.17, 15) is 4.79 Å². The molecule has 1 aliphatic heterocycles. The normalized spacial score (nSPS) is 16.4. The van der Waals surface area contributed by atoms with Crippen molar-refractivity contribution < 1.29 is 4.79 Å². The van der Waals surface area contributed by atoms with Crippen molar-refractivity contribution in [2.75, 3.05) is 18.0 Å². The Morgan fingerprint density at radius 3 is 2.26 bits per heavy atom. The van der Waals surface area contributed by atoms with E-state index in [-0.39, 0.29) is 6.03 Å². The minimum atomic E-state index is -0.268. The summed E-state index contributed by atoms with van der Waals surface area (Å²) in [5.74, 6) is 0. The van der Waals surface area contributed by atoms with Gasteiger partial charge >= 0.3 is 6.03 Å². The van der Waals surface area contributed by atoms with Gasteiger partial charge in [-0.3, -0.25) is 5.32 Å². The zero-order valence-electron chi connectivity index (χ0n) is 11.1. The summed E-state index contributed by atoms with van der Waals surface area (Å²) in [7, 11) is 0. The van der Waals surface area contributed by atoms with Crippen LogP contribution >= 0.6 is 12.2 Å². The molecule has 0 saturated carbocycles. The minimum Gasteiger partial charge on any atom is -0.372 e. The van der Waals surface area contributed by atoms with Crippen LogP contribution in [0.2, 0.25) is 0 Å². The predicted molar refractivity (Wildman–Crippen MR) is 82.2 cm³/mol. The lowest BCUT2D eigenvalue weighted by atomic mass is 10.1. The molecule has 0 radical (unpaired) electrons. The van der Waals surface area contributed by atoms with Gasteiger partial charge in [-0.1, -0.05) is 24.4 Å². The van der Waals surface area contributed by atoms with Gasteiger partial charge in [0.05, 0.1) is 5.70 Å². The number of amides is 2. The molecule has 5 heteroatoms. The molecule has 2 N–H and O–H groups in total. The van der Waals surface area contributed by atoms with Gasteiger partial charge in [-0.2, -0.15) is 0 Å². The van der Waals surface area contributed by atoms with E-state index in [1.54, 1.807) is 0 Å². The van der Waals surface area contributed by atoms with Crippen LogP contribution in [0.5, 0.6) is 0 Å². The number of urea groups is 1. The average molecular weight is 275 g/mol. The van der Waals surface area contributed by atoms with Crippen LogP contribution in [0.15, 0.2) is 30.0 Å².